The zero-order valence-corrected chi connectivity index (χ0v) is 20.9. The van der Waals surface area contributed by atoms with Crippen LogP contribution in [0.5, 0.6) is 0 Å². The molecule has 0 saturated carbocycles. The second kappa shape index (κ2) is 9.91. The first-order valence-corrected chi connectivity index (χ1v) is 12.2. The van der Waals surface area contributed by atoms with E-state index in [2.05, 4.69) is 26.2 Å². The number of H-pyrrole nitrogens is 1. The van der Waals surface area contributed by atoms with E-state index in [4.69, 9.17) is 5.26 Å². The molecule has 5 rings (SSSR count). The molecule has 0 bridgehead atoms. The van der Waals surface area contributed by atoms with Gasteiger partial charge in [0, 0.05) is 22.8 Å². The summed E-state index contributed by atoms with van der Waals surface area (Å²) in [5.74, 6) is 0. The van der Waals surface area contributed by atoms with Gasteiger partial charge in [-0.25, -0.2) is 18.4 Å². The highest BCUT2D eigenvalue weighted by Crippen LogP contribution is 2.36. The van der Waals surface area contributed by atoms with E-state index in [0.717, 1.165) is 38.2 Å². The molecule has 0 aliphatic rings. The minimum atomic E-state index is -3.29. The fraction of sp³-hybridized carbons (Fsp3) is 0.0435. The van der Waals surface area contributed by atoms with Gasteiger partial charge in [0.1, 0.15) is 10.5 Å². The maximum absolute atomic E-state index is 11.9. The quantitative estimate of drug-likeness (QED) is 0.327. The van der Waals surface area contributed by atoms with Gasteiger partial charge < -0.3 is 0 Å². The number of sulfone groups is 1. The Balaban J connectivity index is 0.00000162. The lowest BCUT2D eigenvalue weighted by molar-refractivity contribution is 0.604. The highest BCUT2D eigenvalue weighted by atomic mass is 35.5. The number of nitrogens with one attached hydrogen (secondary N) is 1. The summed E-state index contributed by atoms with van der Waals surface area (Å²) >= 11 is 1.19. The molecule has 0 amide bonds. The molecule has 0 aliphatic heterocycles. The predicted molar refractivity (Wildman–Crippen MR) is 138 cm³/mol. The standard InChI is InChI=1S/C23H15N5O2S2.2ClH/c1-32(29,30)21-9-8-20(31-21)23-17-10-16(6-7-19(17)25-13-26-23)18-12-27-28-22(18)15-4-2-14(11-24)3-5-15;;/h2-10,12-13H,1H3,(H,27,28);2*1H. The summed E-state index contributed by atoms with van der Waals surface area (Å²) in [5, 5.41) is 17.1. The third kappa shape index (κ3) is 4.67. The number of halogens is 2. The molecular weight excluding hydrogens is 513 g/mol. The van der Waals surface area contributed by atoms with E-state index < -0.39 is 9.84 Å². The Hall–Kier alpha value is -3.29. The second-order valence-corrected chi connectivity index (χ2v) is 10.5. The zero-order chi connectivity index (χ0) is 22.3. The summed E-state index contributed by atoms with van der Waals surface area (Å²) in [6.45, 7) is 0. The summed E-state index contributed by atoms with van der Waals surface area (Å²) < 4.78 is 24.1. The van der Waals surface area contributed by atoms with Crippen LogP contribution in [0.25, 0.3) is 43.9 Å². The average Bonchev–Trinajstić information content (AvgIpc) is 3.48. The van der Waals surface area contributed by atoms with Crippen LogP contribution < -0.4 is 0 Å². The number of nitriles is 1. The highest BCUT2D eigenvalue weighted by molar-refractivity contribution is 7.92. The molecule has 3 heterocycles. The van der Waals surface area contributed by atoms with Crippen molar-refractivity contribution in [2.45, 2.75) is 4.21 Å². The van der Waals surface area contributed by atoms with E-state index in [1.54, 1.807) is 30.5 Å². The number of nitrogens with zero attached hydrogens (tertiary/aromatic N) is 4. The third-order valence-electron chi connectivity index (χ3n) is 5.07. The van der Waals surface area contributed by atoms with Gasteiger partial charge in [-0.05, 0) is 42.0 Å². The lowest BCUT2D eigenvalue weighted by atomic mass is 9.99. The number of aromatic nitrogens is 4. The Morgan fingerprint density at radius 2 is 1.71 bits per heavy atom. The van der Waals surface area contributed by atoms with Gasteiger partial charge in [0.25, 0.3) is 0 Å². The number of thiophene rings is 1. The average molecular weight is 530 g/mol. The van der Waals surface area contributed by atoms with E-state index in [1.165, 1.54) is 23.9 Å². The van der Waals surface area contributed by atoms with Gasteiger partial charge in [-0.1, -0.05) is 18.2 Å². The van der Waals surface area contributed by atoms with Crippen LogP contribution >= 0.6 is 36.2 Å². The fourth-order valence-corrected chi connectivity index (χ4v) is 5.44. The molecule has 1 N–H and O–H groups in total. The lowest BCUT2D eigenvalue weighted by Crippen LogP contribution is -1.92. The molecule has 0 atom stereocenters. The molecule has 172 valence electrons. The summed E-state index contributed by atoms with van der Waals surface area (Å²) in [7, 11) is -3.29. The smallest absolute Gasteiger partial charge is 0.184 e. The van der Waals surface area contributed by atoms with Gasteiger partial charge in [0.15, 0.2) is 9.84 Å². The Morgan fingerprint density at radius 1 is 0.971 bits per heavy atom. The van der Waals surface area contributed by atoms with Crippen molar-refractivity contribution in [3.63, 3.8) is 0 Å². The second-order valence-electron chi connectivity index (χ2n) is 7.19. The Bertz CT molecular complexity index is 1620. The topological polar surface area (TPSA) is 112 Å². The molecule has 0 spiro atoms. The van der Waals surface area contributed by atoms with Crippen LogP contribution in [0.1, 0.15) is 5.56 Å². The van der Waals surface area contributed by atoms with Gasteiger partial charge in [-0.3, -0.25) is 5.10 Å². The largest absolute Gasteiger partial charge is 0.277 e. The van der Waals surface area contributed by atoms with Gasteiger partial charge in [-0.15, -0.1) is 36.2 Å². The van der Waals surface area contributed by atoms with Crippen molar-refractivity contribution >= 4 is 56.9 Å². The Labute approximate surface area is 212 Å². The molecule has 5 aromatic rings. The van der Waals surface area contributed by atoms with Gasteiger partial charge in [0.05, 0.1) is 39.6 Å². The Morgan fingerprint density at radius 3 is 2.38 bits per heavy atom. The van der Waals surface area contributed by atoms with E-state index in [9.17, 15) is 8.42 Å². The molecule has 34 heavy (non-hydrogen) atoms. The van der Waals surface area contributed by atoms with Crippen LogP contribution in [0.2, 0.25) is 0 Å². The molecule has 0 saturated heterocycles. The SMILES string of the molecule is CS(=O)(=O)c1ccc(-c2ncnc3ccc(-c4cn[nH]c4-c4ccc(C#N)cc4)cc23)s1.Cl.Cl. The van der Waals surface area contributed by atoms with Crippen molar-refractivity contribution in [2.75, 3.05) is 6.26 Å². The van der Waals surface area contributed by atoms with Crippen molar-refractivity contribution in [3.05, 3.63) is 72.7 Å². The fourth-order valence-electron chi connectivity index (χ4n) is 3.50. The Kier molecular flexibility index (Phi) is 7.38. The van der Waals surface area contributed by atoms with Crippen molar-refractivity contribution in [1.82, 2.24) is 20.2 Å². The minimum Gasteiger partial charge on any atom is -0.277 e. The molecule has 11 heteroatoms. The van der Waals surface area contributed by atoms with Crippen LogP contribution in [0.3, 0.4) is 0 Å². The zero-order valence-electron chi connectivity index (χ0n) is 17.6. The molecular formula is C23H17Cl2N5O2S2. The van der Waals surface area contributed by atoms with Crippen LogP contribution in [0, 0.1) is 11.3 Å². The van der Waals surface area contributed by atoms with Crippen LogP contribution in [-0.4, -0.2) is 34.8 Å². The normalized spacial score (nSPS) is 10.8. The molecule has 0 radical (unpaired) electrons. The van der Waals surface area contributed by atoms with E-state index in [0.29, 0.717) is 15.5 Å². The first-order valence-electron chi connectivity index (χ1n) is 9.53. The molecule has 0 fully saturated rings. The summed E-state index contributed by atoms with van der Waals surface area (Å²) in [6.07, 6.45) is 4.44. The van der Waals surface area contributed by atoms with E-state index >= 15 is 0 Å². The first kappa shape index (κ1) is 25.3. The molecule has 0 unspecified atom stereocenters. The number of hydrogen-bond acceptors (Lipinski definition) is 7. The van der Waals surface area contributed by atoms with Crippen LogP contribution in [0.4, 0.5) is 0 Å². The van der Waals surface area contributed by atoms with Gasteiger partial charge in [0.2, 0.25) is 0 Å². The van der Waals surface area contributed by atoms with Crippen molar-refractivity contribution < 1.29 is 8.42 Å². The minimum absolute atomic E-state index is 0. The number of aromatic amines is 1. The summed E-state index contributed by atoms with van der Waals surface area (Å²) in [6, 6.07) is 18.7. The number of benzene rings is 2. The summed E-state index contributed by atoms with van der Waals surface area (Å²) in [4.78, 5) is 9.57. The molecule has 7 nitrogen and oxygen atoms in total. The van der Waals surface area contributed by atoms with Crippen molar-refractivity contribution in [2.24, 2.45) is 0 Å². The lowest BCUT2D eigenvalue weighted by Gasteiger charge is -2.08. The molecule has 3 aromatic heterocycles. The number of rotatable bonds is 4. The third-order valence-corrected chi connectivity index (χ3v) is 7.98. The number of hydrogen-bond donors (Lipinski definition) is 1. The maximum atomic E-state index is 11.9. The van der Waals surface area contributed by atoms with Crippen molar-refractivity contribution in [3.8, 4) is 39.0 Å². The number of fused-ring (bicyclic) bond motifs is 1. The monoisotopic (exact) mass is 529 g/mol. The van der Waals surface area contributed by atoms with E-state index in [1.807, 2.05) is 30.3 Å². The molecule has 2 aromatic carbocycles. The van der Waals surface area contributed by atoms with Gasteiger partial charge in [-0.2, -0.15) is 10.4 Å². The maximum Gasteiger partial charge on any atom is 0.184 e. The highest BCUT2D eigenvalue weighted by Gasteiger charge is 2.16. The van der Waals surface area contributed by atoms with Crippen molar-refractivity contribution in [1.29, 1.82) is 5.26 Å². The first-order chi connectivity index (χ1) is 15.4. The van der Waals surface area contributed by atoms with Crippen LogP contribution in [0.15, 0.2) is 71.3 Å². The summed E-state index contributed by atoms with van der Waals surface area (Å²) in [5.41, 5.74) is 5.60. The molecule has 0 aliphatic carbocycles. The van der Waals surface area contributed by atoms with Crippen LogP contribution in [-0.2, 0) is 9.84 Å². The van der Waals surface area contributed by atoms with Gasteiger partial charge >= 0.3 is 0 Å². The van der Waals surface area contributed by atoms with E-state index in [-0.39, 0.29) is 24.8 Å². The predicted octanol–water partition coefficient (Wildman–Crippen LogP) is 5.53.